The van der Waals surface area contributed by atoms with Crippen molar-refractivity contribution in [2.45, 2.75) is 66.2 Å². The smallest absolute Gasteiger partial charge is 0.233 e. The molecule has 2 atom stereocenters. The number of carbonyl (C=O) groups is 3. The van der Waals surface area contributed by atoms with Crippen LogP contribution in [0, 0.1) is 29.1 Å². The zero-order valence-corrected chi connectivity index (χ0v) is 16.8. The van der Waals surface area contributed by atoms with Gasteiger partial charge in [-0.1, -0.05) is 27.7 Å². The number of hydrogen-bond donors (Lipinski definition) is 0. The Bertz CT molecular complexity index is 572. The number of nitrogens with zero attached hydrogens (tertiary/aromatic N) is 2. The number of carbonyl (C=O) groups excluding carboxylic acids is 3. The third kappa shape index (κ3) is 3.96. The molecule has 0 N–H and O–H groups in total. The molecule has 5 heteroatoms. The van der Waals surface area contributed by atoms with Crippen LogP contribution < -0.4 is 0 Å². The number of amides is 3. The van der Waals surface area contributed by atoms with Gasteiger partial charge in [0.2, 0.25) is 17.7 Å². The zero-order chi connectivity index (χ0) is 19.1. The lowest BCUT2D eigenvalue weighted by Crippen LogP contribution is -2.40. The van der Waals surface area contributed by atoms with Gasteiger partial charge in [-0.3, -0.25) is 19.3 Å². The molecule has 0 aromatic carbocycles. The minimum absolute atomic E-state index is 0.00625. The van der Waals surface area contributed by atoms with Crippen LogP contribution in [0.4, 0.5) is 0 Å². The Morgan fingerprint density at radius 2 is 1.73 bits per heavy atom. The van der Waals surface area contributed by atoms with Crippen LogP contribution in [0.15, 0.2) is 0 Å². The lowest BCUT2D eigenvalue weighted by atomic mass is 9.79. The van der Waals surface area contributed by atoms with E-state index in [1.165, 1.54) is 4.90 Å². The van der Waals surface area contributed by atoms with Gasteiger partial charge in [0.15, 0.2) is 0 Å². The summed E-state index contributed by atoms with van der Waals surface area (Å²) >= 11 is 0. The molecule has 1 saturated carbocycles. The average Bonchev–Trinajstić information content (AvgIpc) is 3.13. The third-order valence-electron chi connectivity index (χ3n) is 6.66. The van der Waals surface area contributed by atoms with Crippen LogP contribution in [0.2, 0.25) is 0 Å². The van der Waals surface area contributed by atoms with Gasteiger partial charge in [0, 0.05) is 32.0 Å². The van der Waals surface area contributed by atoms with E-state index < -0.39 is 0 Å². The maximum absolute atomic E-state index is 12.7. The first kappa shape index (κ1) is 19.4. The van der Waals surface area contributed by atoms with Crippen molar-refractivity contribution in [2.24, 2.45) is 29.1 Å². The highest BCUT2D eigenvalue weighted by Crippen LogP contribution is 2.37. The molecule has 2 aliphatic heterocycles. The van der Waals surface area contributed by atoms with Crippen molar-refractivity contribution in [3.8, 4) is 0 Å². The van der Waals surface area contributed by atoms with Crippen molar-refractivity contribution in [1.29, 1.82) is 0 Å². The minimum Gasteiger partial charge on any atom is -0.342 e. The Kier molecular flexibility index (Phi) is 5.45. The van der Waals surface area contributed by atoms with E-state index in [-0.39, 0.29) is 29.1 Å². The average molecular weight is 363 g/mol. The Balaban J connectivity index is 1.50. The fourth-order valence-electron chi connectivity index (χ4n) is 4.80. The summed E-state index contributed by atoms with van der Waals surface area (Å²) in [4.78, 5) is 41.2. The molecule has 0 bridgehead atoms. The Hall–Kier alpha value is -1.39. The maximum Gasteiger partial charge on any atom is 0.233 e. The number of imide groups is 1. The molecule has 1 unspecified atom stereocenters. The second kappa shape index (κ2) is 7.32. The molecule has 3 amide bonds. The van der Waals surface area contributed by atoms with E-state index in [2.05, 4.69) is 6.92 Å². The van der Waals surface area contributed by atoms with E-state index in [9.17, 15) is 14.4 Å². The Morgan fingerprint density at radius 1 is 1.08 bits per heavy atom. The molecule has 2 heterocycles. The summed E-state index contributed by atoms with van der Waals surface area (Å²) in [5, 5.41) is 0. The minimum atomic E-state index is -0.190. The van der Waals surface area contributed by atoms with Crippen molar-refractivity contribution in [2.75, 3.05) is 19.6 Å². The molecule has 0 spiro atoms. The van der Waals surface area contributed by atoms with Crippen molar-refractivity contribution in [1.82, 2.24) is 9.80 Å². The normalized spacial score (nSPS) is 33.2. The van der Waals surface area contributed by atoms with E-state index in [4.69, 9.17) is 0 Å². The SMILES string of the molecule is C[C@@H]1CCN(C(=O)C2CCC(CN3C(=O)CC(C(C)(C)C)C3=O)CC2)C1. The molecule has 2 saturated heterocycles. The molecule has 0 radical (unpaired) electrons. The maximum atomic E-state index is 12.7. The highest BCUT2D eigenvalue weighted by molar-refractivity contribution is 6.03. The molecule has 26 heavy (non-hydrogen) atoms. The number of rotatable bonds is 3. The van der Waals surface area contributed by atoms with Crippen LogP contribution in [-0.4, -0.2) is 47.2 Å². The molecule has 146 valence electrons. The number of hydrogen-bond acceptors (Lipinski definition) is 3. The van der Waals surface area contributed by atoms with E-state index in [1.54, 1.807) is 0 Å². The highest BCUT2D eigenvalue weighted by Gasteiger charge is 2.45. The van der Waals surface area contributed by atoms with Crippen LogP contribution in [-0.2, 0) is 14.4 Å². The molecular formula is C21H34N2O3. The fourth-order valence-corrected chi connectivity index (χ4v) is 4.80. The van der Waals surface area contributed by atoms with Crippen molar-refractivity contribution < 1.29 is 14.4 Å². The van der Waals surface area contributed by atoms with Crippen molar-refractivity contribution in [3.05, 3.63) is 0 Å². The van der Waals surface area contributed by atoms with Crippen LogP contribution in [0.5, 0.6) is 0 Å². The molecule has 1 aliphatic carbocycles. The molecule has 5 nitrogen and oxygen atoms in total. The molecular weight excluding hydrogens is 328 g/mol. The van der Waals surface area contributed by atoms with Gasteiger partial charge in [0.25, 0.3) is 0 Å². The summed E-state index contributed by atoms with van der Waals surface area (Å²) in [6.45, 7) is 10.7. The summed E-state index contributed by atoms with van der Waals surface area (Å²) in [6.07, 6.45) is 5.15. The van der Waals surface area contributed by atoms with E-state index in [1.807, 2.05) is 25.7 Å². The van der Waals surface area contributed by atoms with Crippen LogP contribution in [0.3, 0.4) is 0 Å². The van der Waals surface area contributed by atoms with Gasteiger partial charge in [0.05, 0.1) is 5.92 Å². The lowest BCUT2D eigenvalue weighted by molar-refractivity contribution is -0.142. The van der Waals surface area contributed by atoms with Gasteiger partial charge >= 0.3 is 0 Å². The van der Waals surface area contributed by atoms with E-state index in [0.717, 1.165) is 45.2 Å². The predicted molar refractivity (Wildman–Crippen MR) is 100 cm³/mol. The monoisotopic (exact) mass is 362 g/mol. The summed E-state index contributed by atoms with van der Waals surface area (Å²) in [7, 11) is 0. The number of likely N-dealkylation sites (tertiary alicyclic amines) is 2. The first-order chi connectivity index (χ1) is 12.2. The van der Waals surface area contributed by atoms with E-state index >= 15 is 0 Å². The van der Waals surface area contributed by atoms with Crippen LogP contribution in [0.1, 0.15) is 66.2 Å². The van der Waals surface area contributed by atoms with Gasteiger partial charge in [-0.2, -0.15) is 0 Å². The predicted octanol–water partition coefficient (Wildman–Crippen LogP) is 3.08. The summed E-state index contributed by atoms with van der Waals surface area (Å²) in [5.74, 6) is 1.25. The fraction of sp³-hybridized carbons (Fsp3) is 0.857. The summed E-state index contributed by atoms with van der Waals surface area (Å²) in [5.41, 5.74) is -0.168. The zero-order valence-electron chi connectivity index (χ0n) is 16.8. The van der Waals surface area contributed by atoms with Gasteiger partial charge in [-0.15, -0.1) is 0 Å². The van der Waals surface area contributed by atoms with Gasteiger partial charge in [-0.05, 0) is 49.4 Å². The van der Waals surface area contributed by atoms with Crippen LogP contribution >= 0.6 is 0 Å². The first-order valence-electron chi connectivity index (χ1n) is 10.3. The molecule has 3 rings (SSSR count). The third-order valence-corrected chi connectivity index (χ3v) is 6.66. The molecule has 0 aromatic rings. The summed E-state index contributed by atoms with van der Waals surface area (Å²) < 4.78 is 0. The standard InChI is InChI=1S/C21H34N2O3/c1-14-9-10-22(12-14)19(25)16-7-5-15(6-8-16)13-23-18(24)11-17(20(23)26)21(2,3)4/h14-17H,5-13H2,1-4H3/t14-,15?,16?,17?/m1/s1. The van der Waals surface area contributed by atoms with Gasteiger partial charge in [0.1, 0.15) is 0 Å². The topological polar surface area (TPSA) is 57.7 Å². The largest absolute Gasteiger partial charge is 0.342 e. The second-order valence-corrected chi connectivity index (χ2v) is 9.86. The molecule has 0 aromatic heterocycles. The second-order valence-electron chi connectivity index (χ2n) is 9.86. The Morgan fingerprint density at radius 3 is 2.23 bits per heavy atom. The van der Waals surface area contributed by atoms with Crippen molar-refractivity contribution >= 4 is 17.7 Å². The first-order valence-corrected chi connectivity index (χ1v) is 10.3. The highest BCUT2D eigenvalue weighted by atomic mass is 16.2. The molecule has 3 fully saturated rings. The van der Waals surface area contributed by atoms with Crippen LogP contribution in [0.25, 0.3) is 0 Å². The van der Waals surface area contributed by atoms with Gasteiger partial charge < -0.3 is 4.90 Å². The van der Waals surface area contributed by atoms with E-state index in [0.29, 0.717) is 30.7 Å². The quantitative estimate of drug-likeness (QED) is 0.725. The van der Waals surface area contributed by atoms with Gasteiger partial charge in [-0.25, -0.2) is 0 Å². The summed E-state index contributed by atoms with van der Waals surface area (Å²) in [6, 6.07) is 0. The molecule has 3 aliphatic rings. The van der Waals surface area contributed by atoms with Crippen molar-refractivity contribution in [3.63, 3.8) is 0 Å². The Labute approximate surface area is 157 Å². The lowest BCUT2D eigenvalue weighted by Gasteiger charge is -2.32.